The van der Waals surface area contributed by atoms with Crippen LogP contribution in [0.1, 0.15) is 22.9 Å². The molecule has 0 saturated carbocycles. The fourth-order valence-corrected chi connectivity index (χ4v) is 4.93. The molecule has 8 heteroatoms. The van der Waals surface area contributed by atoms with Crippen molar-refractivity contribution in [2.75, 3.05) is 0 Å². The summed E-state index contributed by atoms with van der Waals surface area (Å²) in [7, 11) is -3.80. The number of aromatic nitrogens is 2. The molecule has 0 fully saturated rings. The van der Waals surface area contributed by atoms with E-state index in [0.717, 1.165) is 11.3 Å². The molecule has 3 aromatic rings. The van der Waals surface area contributed by atoms with Crippen LogP contribution in [-0.2, 0) is 23.0 Å². The second-order valence-corrected chi connectivity index (χ2v) is 8.48. The predicted octanol–water partition coefficient (Wildman–Crippen LogP) is 3.69. The Morgan fingerprint density at radius 2 is 1.96 bits per heavy atom. The van der Waals surface area contributed by atoms with Gasteiger partial charge in [-0.2, -0.15) is 9.40 Å². The summed E-state index contributed by atoms with van der Waals surface area (Å²) in [6, 6.07) is 11.5. The van der Waals surface area contributed by atoms with Crippen LogP contribution in [0.3, 0.4) is 0 Å². The van der Waals surface area contributed by atoms with Crippen molar-refractivity contribution in [3.05, 3.63) is 82.4 Å². The lowest BCUT2D eigenvalue weighted by atomic mass is 9.96. The standard InChI is InChI=1S/C18H15ClFN3O2S/c19-14-4-6-16(7-5-14)26(24,25)23-11-13-10-21-22-17(13)9-18(23)12-2-1-3-15(20)8-12/h1-8,10,18H,9,11H2,(H,21,22). The van der Waals surface area contributed by atoms with Gasteiger partial charge >= 0.3 is 0 Å². The Morgan fingerprint density at radius 1 is 1.19 bits per heavy atom. The topological polar surface area (TPSA) is 66.1 Å². The van der Waals surface area contributed by atoms with Crippen LogP contribution >= 0.6 is 11.6 Å². The highest BCUT2D eigenvalue weighted by atomic mass is 35.5. The van der Waals surface area contributed by atoms with Gasteiger partial charge in [-0.15, -0.1) is 0 Å². The van der Waals surface area contributed by atoms with E-state index in [1.807, 2.05) is 0 Å². The summed E-state index contributed by atoms with van der Waals surface area (Å²) in [5, 5.41) is 7.38. The SMILES string of the molecule is O=S(=O)(c1ccc(Cl)cc1)N1Cc2cn[nH]c2CC1c1cccc(F)c1. The first-order valence-corrected chi connectivity index (χ1v) is 9.81. The zero-order chi connectivity index (χ0) is 18.3. The van der Waals surface area contributed by atoms with Crippen molar-refractivity contribution in [2.24, 2.45) is 0 Å². The van der Waals surface area contributed by atoms with Gasteiger partial charge in [0.15, 0.2) is 0 Å². The maximum absolute atomic E-state index is 13.7. The predicted molar refractivity (Wildman–Crippen MR) is 95.6 cm³/mol. The summed E-state index contributed by atoms with van der Waals surface area (Å²) in [5.41, 5.74) is 2.28. The Hall–Kier alpha value is -2.22. The van der Waals surface area contributed by atoms with Gasteiger partial charge in [0.25, 0.3) is 0 Å². The average molecular weight is 392 g/mol. The number of nitrogens with zero attached hydrogens (tertiary/aromatic N) is 2. The summed E-state index contributed by atoms with van der Waals surface area (Å²) in [6.45, 7) is 0.165. The van der Waals surface area contributed by atoms with Crippen LogP contribution in [0.25, 0.3) is 0 Å². The molecule has 1 aliphatic heterocycles. The van der Waals surface area contributed by atoms with Crippen LogP contribution in [0.5, 0.6) is 0 Å². The Labute approximate surface area is 155 Å². The van der Waals surface area contributed by atoms with Crippen molar-refractivity contribution in [3.8, 4) is 0 Å². The maximum Gasteiger partial charge on any atom is 0.243 e. The summed E-state index contributed by atoms with van der Waals surface area (Å²) in [4.78, 5) is 0.148. The number of fused-ring (bicyclic) bond motifs is 1. The van der Waals surface area contributed by atoms with Gasteiger partial charge < -0.3 is 0 Å². The van der Waals surface area contributed by atoms with Crippen LogP contribution < -0.4 is 0 Å². The van der Waals surface area contributed by atoms with E-state index in [2.05, 4.69) is 10.2 Å². The van der Waals surface area contributed by atoms with Crippen LogP contribution in [-0.4, -0.2) is 22.9 Å². The van der Waals surface area contributed by atoms with E-state index < -0.39 is 21.9 Å². The molecular weight excluding hydrogens is 377 g/mol. The number of benzene rings is 2. The highest BCUT2D eigenvalue weighted by Gasteiger charge is 2.37. The van der Waals surface area contributed by atoms with Gasteiger partial charge in [0.1, 0.15) is 5.82 Å². The Kier molecular flexibility index (Phi) is 4.30. The average Bonchev–Trinajstić information content (AvgIpc) is 3.08. The Bertz CT molecular complexity index is 1050. The number of aromatic amines is 1. The van der Waals surface area contributed by atoms with Crippen molar-refractivity contribution in [2.45, 2.75) is 23.9 Å². The second-order valence-electron chi connectivity index (χ2n) is 6.15. The fourth-order valence-electron chi connectivity index (χ4n) is 3.22. The van der Waals surface area contributed by atoms with Gasteiger partial charge in [0.05, 0.1) is 17.1 Å². The minimum absolute atomic E-state index is 0.148. The van der Waals surface area contributed by atoms with E-state index in [0.29, 0.717) is 17.0 Å². The quantitative estimate of drug-likeness (QED) is 0.740. The minimum Gasteiger partial charge on any atom is -0.282 e. The van der Waals surface area contributed by atoms with E-state index in [9.17, 15) is 12.8 Å². The van der Waals surface area contributed by atoms with E-state index in [1.54, 1.807) is 30.5 Å². The van der Waals surface area contributed by atoms with Crippen LogP contribution in [0.4, 0.5) is 4.39 Å². The van der Waals surface area contributed by atoms with Crippen LogP contribution in [0, 0.1) is 5.82 Å². The molecule has 0 spiro atoms. The molecule has 0 radical (unpaired) electrons. The molecule has 2 aromatic carbocycles. The molecule has 4 rings (SSSR count). The van der Waals surface area contributed by atoms with Gasteiger partial charge in [-0.1, -0.05) is 23.7 Å². The van der Waals surface area contributed by atoms with Crippen molar-refractivity contribution in [3.63, 3.8) is 0 Å². The van der Waals surface area contributed by atoms with Crippen molar-refractivity contribution in [1.82, 2.24) is 14.5 Å². The van der Waals surface area contributed by atoms with Gasteiger partial charge in [0, 0.05) is 29.2 Å². The van der Waals surface area contributed by atoms with Crippen molar-refractivity contribution >= 4 is 21.6 Å². The van der Waals surface area contributed by atoms with E-state index in [4.69, 9.17) is 11.6 Å². The zero-order valence-electron chi connectivity index (χ0n) is 13.6. The lowest BCUT2D eigenvalue weighted by Gasteiger charge is -2.34. The van der Waals surface area contributed by atoms with Gasteiger partial charge in [-0.3, -0.25) is 5.10 Å². The third kappa shape index (κ3) is 3.02. The molecule has 26 heavy (non-hydrogen) atoms. The molecule has 0 bridgehead atoms. The molecule has 5 nitrogen and oxygen atoms in total. The smallest absolute Gasteiger partial charge is 0.243 e. The molecular formula is C18H15ClFN3O2S. The normalized spacial score (nSPS) is 17.8. The number of sulfonamides is 1. The molecule has 2 heterocycles. The molecule has 1 aromatic heterocycles. The molecule has 1 N–H and O–H groups in total. The highest BCUT2D eigenvalue weighted by Crippen LogP contribution is 2.37. The summed E-state index contributed by atoms with van der Waals surface area (Å²) in [6.07, 6.45) is 2.02. The van der Waals surface area contributed by atoms with Gasteiger partial charge in [0.2, 0.25) is 10.0 Å². The second kappa shape index (κ2) is 6.50. The lowest BCUT2D eigenvalue weighted by molar-refractivity contribution is 0.294. The number of nitrogens with one attached hydrogen (secondary N) is 1. The van der Waals surface area contributed by atoms with Gasteiger partial charge in [-0.25, -0.2) is 12.8 Å². The Balaban J connectivity index is 1.81. The number of halogens is 2. The summed E-state index contributed by atoms with van der Waals surface area (Å²) >= 11 is 5.88. The third-order valence-corrected chi connectivity index (χ3v) is 6.65. The molecule has 0 saturated heterocycles. The van der Waals surface area contributed by atoms with E-state index in [1.165, 1.54) is 28.6 Å². The van der Waals surface area contributed by atoms with Gasteiger partial charge in [-0.05, 0) is 42.0 Å². The van der Waals surface area contributed by atoms with Crippen LogP contribution in [0.15, 0.2) is 59.6 Å². The third-order valence-electron chi connectivity index (χ3n) is 4.53. The monoisotopic (exact) mass is 391 g/mol. The molecule has 0 aliphatic carbocycles. The van der Waals surface area contributed by atoms with Crippen LogP contribution in [0.2, 0.25) is 5.02 Å². The number of rotatable bonds is 3. The molecule has 1 unspecified atom stereocenters. The summed E-state index contributed by atoms with van der Waals surface area (Å²) < 4.78 is 41.7. The zero-order valence-corrected chi connectivity index (χ0v) is 15.1. The molecule has 1 aliphatic rings. The number of H-pyrrole nitrogens is 1. The largest absolute Gasteiger partial charge is 0.282 e. The van der Waals surface area contributed by atoms with E-state index >= 15 is 0 Å². The maximum atomic E-state index is 13.7. The van der Waals surface area contributed by atoms with Crippen molar-refractivity contribution in [1.29, 1.82) is 0 Å². The number of hydrogen-bond donors (Lipinski definition) is 1. The summed E-state index contributed by atoms with van der Waals surface area (Å²) in [5.74, 6) is -0.401. The van der Waals surface area contributed by atoms with Crippen molar-refractivity contribution < 1.29 is 12.8 Å². The van der Waals surface area contributed by atoms with E-state index in [-0.39, 0.29) is 11.4 Å². The first kappa shape index (κ1) is 17.2. The lowest BCUT2D eigenvalue weighted by Crippen LogP contribution is -2.38. The Morgan fingerprint density at radius 3 is 2.69 bits per heavy atom. The minimum atomic E-state index is -3.80. The number of hydrogen-bond acceptors (Lipinski definition) is 3. The first-order valence-electron chi connectivity index (χ1n) is 7.99. The molecule has 134 valence electrons. The first-order chi connectivity index (χ1) is 12.4. The molecule has 0 amide bonds. The molecule has 1 atom stereocenters. The highest BCUT2D eigenvalue weighted by molar-refractivity contribution is 7.89. The fraction of sp³-hybridized carbons (Fsp3) is 0.167.